The molecule has 1 saturated carbocycles. The Morgan fingerprint density at radius 3 is 2.47 bits per heavy atom. The monoisotopic (exact) mass is 337 g/mol. The van der Waals surface area contributed by atoms with Gasteiger partial charge in [0.15, 0.2) is 0 Å². The lowest BCUT2D eigenvalue weighted by Crippen LogP contribution is -2.57. The third-order valence-corrected chi connectivity index (χ3v) is 4.33. The van der Waals surface area contributed by atoms with Gasteiger partial charge < -0.3 is 10.4 Å². The summed E-state index contributed by atoms with van der Waals surface area (Å²) in [5, 5.41) is 12.5. The van der Waals surface area contributed by atoms with Gasteiger partial charge in [-0.15, -0.1) is 0 Å². The number of nitrogens with one attached hydrogen (secondary N) is 1. The molecule has 0 amide bonds. The summed E-state index contributed by atoms with van der Waals surface area (Å²) in [5.74, 6) is 0. The van der Waals surface area contributed by atoms with Crippen molar-refractivity contribution in [1.82, 2.24) is 0 Å². The summed E-state index contributed by atoms with van der Waals surface area (Å²) in [5.41, 5.74) is -1.06. The van der Waals surface area contributed by atoms with Crippen molar-refractivity contribution in [2.45, 2.75) is 38.6 Å². The van der Waals surface area contributed by atoms with Crippen LogP contribution in [0.5, 0.6) is 0 Å². The van der Waals surface area contributed by atoms with Crippen molar-refractivity contribution in [3.63, 3.8) is 0 Å². The number of hydrogen-bond acceptors (Lipinski definition) is 2. The first-order valence-corrected chi connectivity index (χ1v) is 6.73. The molecule has 19 heavy (non-hydrogen) atoms. The molecular weight excluding hydrogens is 323 g/mol. The highest BCUT2D eigenvalue weighted by molar-refractivity contribution is 9.10. The van der Waals surface area contributed by atoms with Gasteiger partial charge in [-0.2, -0.15) is 13.2 Å². The van der Waals surface area contributed by atoms with Crippen molar-refractivity contribution in [2.75, 3.05) is 5.32 Å². The molecule has 1 aromatic rings. The van der Waals surface area contributed by atoms with E-state index in [0.717, 1.165) is 6.07 Å². The molecule has 0 spiro atoms. The lowest BCUT2D eigenvalue weighted by molar-refractivity contribution is -0.137. The highest BCUT2D eigenvalue weighted by atomic mass is 79.9. The van der Waals surface area contributed by atoms with Crippen LogP contribution in [0.15, 0.2) is 22.7 Å². The molecule has 2 N–H and O–H groups in total. The fourth-order valence-electron chi connectivity index (χ4n) is 2.21. The molecule has 0 heterocycles. The Bertz CT molecular complexity index is 487. The van der Waals surface area contributed by atoms with E-state index in [9.17, 15) is 18.3 Å². The van der Waals surface area contributed by atoms with Crippen molar-refractivity contribution in [3.8, 4) is 0 Å². The minimum atomic E-state index is -4.40. The van der Waals surface area contributed by atoms with E-state index in [1.807, 2.05) is 13.8 Å². The van der Waals surface area contributed by atoms with E-state index in [-0.39, 0.29) is 11.7 Å². The molecule has 0 radical (unpaired) electrons. The fourth-order valence-corrected chi connectivity index (χ4v) is 2.57. The Kier molecular flexibility index (Phi) is 3.60. The maximum Gasteiger partial charge on any atom is 0.418 e. The predicted molar refractivity (Wildman–Crippen MR) is 71.0 cm³/mol. The molecule has 0 saturated heterocycles. The average Bonchev–Trinajstić information content (AvgIpc) is 2.29. The summed E-state index contributed by atoms with van der Waals surface area (Å²) < 4.78 is 39.3. The molecule has 1 aromatic carbocycles. The summed E-state index contributed by atoms with van der Waals surface area (Å²) in [6, 6.07) is 3.88. The lowest BCUT2D eigenvalue weighted by Gasteiger charge is -2.50. The fraction of sp³-hybridized carbons (Fsp3) is 0.538. The number of aliphatic hydroxyl groups excluding tert-OH is 1. The zero-order valence-electron chi connectivity index (χ0n) is 10.6. The second-order valence-electron chi connectivity index (χ2n) is 5.46. The average molecular weight is 338 g/mol. The number of hydrogen-bond donors (Lipinski definition) is 2. The predicted octanol–water partition coefficient (Wildman–Crippen LogP) is 4.04. The Hall–Kier alpha value is -0.750. The molecule has 0 bridgehead atoms. The molecular formula is C13H15BrF3NO. The maximum absolute atomic E-state index is 13.0. The molecule has 1 fully saturated rings. The van der Waals surface area contributed by atoms with Crippen LogP contribution in [0.4, 0.5) is 18.9 Å². The van der Waals surface area contributed by atoms with Crippen LogP contribution in [0.25, 0.3) is 0 Å². The second kappa shape index (κ2) is 4.66. The SMILES string of the molecule is CC1(C)C(O)CC1Nc1ccc(Br)cc1C(F)(F)F. The van der Waals surface area contributed by atoms with Crippen LogP contribution in [-0.2, 0) is 6.18 Å². The summed E-state index contributed by atoms with van der Waals surface area (Å²) >= 11 is 3.05. The highest BCUT2D eigenvalue weighted by Crippen LogP contribution is 2.44. The van der Waals surface area contributed by atoms with Crippen LogP contribution in [0, 0.1) is 5.41 Å². The van der Waals surface area contributed by atoms with E-state index in [2.05, 4.69) is 21.2 Å². The summed E-state index contributed by atoms with van der Waals surface area (Å²) in [7, 11) is 0. The molecule has 106 valence electrons. The van der Waals surface area contributed by atoms with Crippen LogP contribution >= 0.6 is 15.9 Å². The Balaban J connectivity index is 2.27. The summed E-state index contributed by atoms with van der Waals surface area (Å²) in [6.45, 7) is 3.68. The molecule has 1 aliphatic rings. The van der Waals surface area contributed by atoms with Gasteiger partial charge in [0.05, 0.1) is 11.7 Å². The Morgan fingerprint density at radius 1 is 1.37 bits per heavy atom. The van der Waals surface area contributed by atoms with Gasteiger partial charge >= 0.3 is 6.18 Å². The van der Waals surface area contributed by atoms with E-state index < -0.39 is 23.3 Å². The first-order valence-electron chi connectivity index (χ1n) is 5.93. The van der Waals surface area contributed by atoms with Crippen LogP contribution in [0.2, 0.25) is 0 Å². The zero-order valence-corrected chi connectivity index (χ0v) is 12.1. The van der Waals surface area contributed by atoms with E-state index >= 15 is 0 Å². The maximum atomic E-state index is 13.0. The largest absolute Gasteiger partial charge is 0.418 e. The lowest BCUT2D eigenvalue weighted by atomic mass is 9.64. The quantitative estimate of drug-likeness (QED) is 0.853. The second-order valence-corrected chi connectivity index (χ2v) is 6.37. The number of anilines is 1. The third-order valence-electron chi connectivity index (χ3n) is 3.83. The van der Waals surface area contributed by atoms with E-state index in [1.54, 1.807) is 6.07 Å². The van der Waals surface area contributed by atoms with E-state index in [0.29, 0.717) is 10.9 Å². The number of halogens is 4. The standard InChI is InChI=1S/C13H15BrF3NO/c1-12(2)10(6-11(12)19)18-9-4-3-7(14)5-8(9)13(15,16)17/h3-5,10-11,18-19H,6H2,1-2H3. The Labute approximate surface area is 118 Å². The van der Waals surface area contributed by atoms with E-state index in [4.69, 9.17) is 0 Å². The van der Waals surface area contributed by atoms with Gasteiger partial charge in [-0.25, -0.2) is 0 Å². The van der Waals surface area contributed by atoms with Gasteiger partial charge in [0.1, 0.15) is 0 Å². The smallest absolute Gasteiger partial charge is 0.392 e. The topological polar surface area (TPSA) is 32.3 Å². The van der Waals surface area contributed by atoms with Crippen molar-refractivity contribution in [3.05, 3.63) is 28.2 Å². The normalized spacial score (nSPS) is 25.8. The number of aliphatic hydroxyl groups is 1. The van der Waals surface area contributed by atoms with Crippen molar-refractivity contribution in [2.24, 2.45) is 5.41 Å². The van der Waals surface area contributed by atoms with Crippen molar-refractivity contribution >= 4 is 21.6 Å². The van der Waals surface area contributed by atoms with Gasteiger partial charge in [0, 0.05) is 21.6 Å². The first-order chi connectivity index (χ1) is 8.62. The van der Waals surface area contributed by atoms with Crippen LogP contribution in [0.3, 0.4) is 0 Å². The minimum absolute atomic E-state index is 0.0562. The third kappa shape index (κ3) is 2.74. The molecule has 0 aromatic heterocycles. The molecule has 1 aliphatic carbocycles. The molecule has 2 nitrogen and oxygen atoms in total. The molecule has 2 unspecified atom stereocenters. The molecule has 0 aliphatic heterocycles. The zero-order chi connectivity index (χ0) is 14.4. The molecule has 6 heteroatoms. The minimum Gasteiger partial charge on any atom is -0.392 e. The Morgan fingerprint density at radius 2 is 2.00 bits per heavy atom. The van der Waals surface area contributed by atoms with Gasteiger partial charge in [-0.05, 0) is 24.6 Å². The molecule has 2 atom stereocenters. The van der Waals surface area contributed by atoms with Crippen LogP contribution in [0.1, 0.15) is 25.8 Å². The van der Waals surface area contributed by atoms with Gasteiger partial charge in [-0.3, -0.25) is 0 Å². The summed E-state index contributed by atoms with van der Waals surface area (Å²) in [6.07, 6.45) is -4.42. The van der Waals surface area contributed by atoms with Gasteiger partial charge in [0.25, 0.3) is 0 Å². The van der Waals surface area contributed by atoms with Gasteiger partial charge in [-0.1, -0.05) is 29.8 Å². The highest BCUT2D eigenvalue weighted by Gasteiger charge is 2.48. The number of rotatable bonds is 2. The summed E-state index contributed by atoms with van der Waals surface area (Å²) in [4.78, 5) is 0. The number of benzene rings is 1. The van der Waals surface area contributed by atoms with Crippen molar-refractivity contribution in [1.29, 1.82) is 0 Å². The number of alkyl halides is 3. The van der Waals surface area contributed by atoms with E-state index in [1.165, 1.54) is 6.07 Å². The molecule has 2 rings (SSSR count). The first kappa shape index (κ1) is 14.7. The van der Waals surface area contributed by atoms with Gasteiger partial charge in [0.2, 0.25) is 0 Å². The van der Waals surface area contributed by atoms with Crippen LogP contribution in [-0.4, -0.2) is 17.3 Å². The van der Waals surface area contributed by atoms with Crippen LogP contribution < -0.4 is 5.32 Å². The van der Waals surface area contributed by atoms with Crippen molar-refractivity contribution < 1.29 is 18.3 Å².